The number of benzene rings is 1. The first-order valence-corrected chi connectivity index (χ1v) is 10.0. The maximum atomic E-state index is 13.3. The van der Waals surface area contributed by atoms with Crippen LogP contribution in [-0.2, 0) is 6.54 Å². The molecule has 1 aliphatic rings. The average Bonchev–Trinajstić information content (AvgIpc) is 3.15. The van der Waals surface area contributed by atoms with Gasteiger partial charge in [-0.05, 0) is 30.9 Å². The van der Waals surface area contributed by atoms with Crippen LogP contribution in [0.3, 0.4) is 0 Å². The summed E-state index contributed by atoms with van der Waals surface area (Å²) in [7, 11) is 0. The Morgan fingerprint density at radius 2 is 2.00 bits per heavy atom. The van der Waals surface area contributed by atoms with E-state index in [4.69, 9.17) is 10.7 Å². The molecule has 3 heterocycles. The van der Waals surface area contributed by atoms with Crippen molar-refractivity contribution in [2.24, 2.45) is 5.73 Å². The van der Waals surface area contributed by atoms with Crippen molar-refractivity contribution in [1.29, 1.82) is 5.26 Å². The fourth-order valence-corrected chi connectivity index (χ4v) is 4.52. The van der Waals surface area contributed by atoms with Crippen molar-refractivity contribution in [3.63, 3.8) is 0 Å². The molecule has 0 spiro atoms. The van der Waals surface area contributed by atoms with Crippen molar-refractivity contribution < 1.29 is 4.79 Å². The van der Waals surface area contributed by atoms with Crippen molar-refractivity contribution >= 4 is 33.4 Å². The Balaban J connectivity index is 1.92. The summed E-state index contributed by atoms with van der Waals surface area (Å²) < 4.78 is 2.02. The summed E-state index contributed by atoms with van der Waals surface area (Å²) in [6.07, 6.45) is 3.19. The third-order valence-corrected chi connectivity index (χ3v) is 5.99. The molecule has 142 valence electrons. The van der Waals surface area contributed by atoms with Crippen LogP contribution >= 0.6 is 11.3 Å². The minimum Gasteiger partial charge on any atom is -0.366 e. The highest BCUT2D eigenvalue weighted by atomic mass is 32.1. The second-order valence-corrected chi connectivity index (χ2v) is 7.69. The summed E-state index contributed by atoms with van der Waals surface area (Å²) in [4.78, 5) is 31.9. The molecule has 0 atom stereocenters. The van der Waals surface area contributed by atoms with E-state index in [2.05, 4.69) is 11.0 Å². The molecule has 3 aromatic rings. The molecule has 7 nitrogen and oxygen atoms in total. The Morgan fingerprint density at radius 1 is 1.25 bits per heavy atom. The van der Waals surface area contributed by atoms with Crippen molar-refractivity contribution in [2.75, 3.05) is 18.0 Å². The number of hydrogen-bond donors (Lipinski definition) is 1. The molecule has 1 fully saturated rings. The largest absolute Gasteiger partial charge is 0.366 e. The fourth-order valence-electron chi connectivity index (χ4n) is 3.58. The van der Waals surface area contributed by atoms with Gasteiger partial charge >= 0.3 is 0 Å². The molecule has 0 saturated carbocycles. The van der Waals surface area contributed by atoms with E-state index in [1.807, 2.05) is 12.1 Å². The predicted molar refractivity (Wildman–Crippen MR) is 109 cm³/mol. The molecule has 0 aliphatic carbocycles. The van der Waals surface area contributed by atoms with Gasteiger partial charge in [-0.15, -0.1) is 11.3 Å². The maximum Gasteiger partial charge on any atom is 0.273 e. The van der Waals surface area contributed by atoms with E-state index >= 15 is 0 Å². The highest BCUT2D eigenvalue weighted by molar-refractivity contribution is 7.17. The number of fused-ring (bicyclic) bond motifs is 1. The zero-order valence-electron chi connectivity index (χ0n) is 15.2. The van der Waals surface area contributed by atoms with Crippen LogP contribution in [0.2, 0.25) is 0 Å². The van der Waals surface area contributed by atoms with Gasteiger partial charge in [0.2, 0.25) is 5.95 Å². The van der Waals surface area contributed by atoms with Gasteiger partial charge in [-0.2, -0.15) is 5.26 Å². The molecule has 0 bridgehead atoms. The number of anilines is 1. The van der Waals surface area contributed by atoms with E-state index in [-0.39, 0.29) is 17.7 Å². The Morgan fingerprint density at radius 3 is 2.71 bits per heavy atom. The maximum absolute atomic E-state index is 13.3. The molecule has 0 unspecified atom stereocenters. The van der Waals surface area contributed by atoms with Crippen molar-refractivity contribution in [3.8, 4) is 6.07 Å². The number of hydrogen-bond acceptors (Lipinski definition) is 6. The molecule has 1 aliphatic heterocycles. The van der Waals surface area contributed by atoms with Gasteiger partial charge in [0.1, 0.15) is 10.2 Å². The van der Waals surface area contributed by atoms with Gasteiger partial charge in [0, 0.05) is 18.5 Å². The number of piperidine rings is 1. The molecule has 2 aromatic heterocycles. The van der Waals surface area contributed by atoms with E-state index in [0.29, 0.717) is 21.7 Å². The van der Waals surface area contributed by atoms with E-state index < -0.39 is 5.91 Å². The molecule has 1 saturated heterocycles. The highest BCUT2D eigenvalue weighted by Crippen LogP contribution is 2.26. The second-order valence-electron chi connectivity index (χ2n) is 6.81. The van der Waals surface area contributed by atoms with Gasteiger partial charge in [-0.25, -0.2) is 4.98 Å². The first kappa shape index (κ1) is 18.2. The minimum atomic E-state index is -0.588. The fraction of sp³-hybridized carbons (Fsp3) is 0.300. The topological polar surface area (TPSA) is 105 Å². The summed E-state index contributed by atoms with van der Waals surface area (Å²) in [5.74, 6) is -0.0545. The first-order valence-electron chi connectivity index (χ1n) is 9.15. The number of carbonyl (C=O) groups excluding carboxylic acids is 1. The monoisotopic (exact) mass is 393 g/mol. The zero-order valence-corrected chi connectivity index (χ0v) is 16.0. The standard InChI is InChI=1S/C20H19N5O2S/c21-10-13-6-2-3-7-14(13)11-25-19(27)17-16(15(12-28-17)18(22)26)23-20(25)24-8-4-1-5-9-24/h2-3,6-7,12H,1,4-5,8-9,11H2,(H2,22,26). The van der Waals surface area contributed by atoms with Gasteiger partial charge in [-0.1, -0.05) is 18.2 Å². The molecule has 8 heteroatoms. The van der Waals surface area contributed by atoms with E-state index in [9.17, 15) is 14.9 Å². The van der Waals surface area contributed by atoms with Gasteiger partial charge in [-0.3, -0.25) is 14.2 Å². The van der Waals surface area contributed by atoms with Crippen LogP contribution in [0, 0.1) is 11.3 Å². The molecule has 0 radical (unpaired) electrons. The van der Waals surface area contributed by atoms with Crippen LogP contribution in [0.5, 0.6) is 0 Å². The van der Waals surface area contributed by atoms with Crippen molar-refractivity contribution in [1.82, 2.24) is 9.55 Å². The molecule has 4 rings (SSSR count). The molecule has 2 N–H and O–H groups in total. The summed E-state index contributed by atoms with van der Waals surface area (Å²) >= 11 is 1.18. The smallest absolute Gasteiger partial charge is 0.273 e. The Bertz CT molecular complexity index is 1150. The number of amides is 1. The Labute approximate surface area is 165 Å². The SMILES string of the molecule is N#Cc1ccccc1Cn1c(N2CCCCC2)nc2c(C(N)=O)csc2c1=O. The number of primary amides is 1. The Hall–Kier alpha value is -3.18. The summed E-state index contributed by atoms with van der Waals surface area (Å²) in [6, 6.07) is 9.42. The quantitative estimate of drug-likeness (QED) is 0.733. The highest BCUT2D eigenvalue weighted by Gasteiger charge is 2.23. The molecular weight excluding hydrogens is 374 g/mol. The van der Waals surface area contributed by atoms with Gasteiger partial charge in [0.15, 0.2) is 0 Å². The minimum absolute atomic E-state index is 0.212. The third kappa shape index (κ3) is 3.14. The van der Waals surface area contributed by atoms with Gasteiger partial charge in [0.25, 0.3) is 11.5 Å². The second kappa shape index (κ2) is 7.44. The third-order valence-electron chi connectivity index (χ3n) is 5.03. The molecule has 1 aromatic carbocycles. The van der Waals surface area contributed by atoms with Gasteiger partial charge < -0.3 is 10.6 Å². The van der Waals surface area contributed by atoms with Crippen LogP contribution in [0.4, 0.5) is 5.95 Å². The summed E-state index contributed by atoms with van der Waals surface area (Å²) in [5, 5.41) is 11.0. The van der Waals surface area contributed by atoms with Crippen LogP contribution < -0.4 is 16.2 Å². The lowest BCUT2D eigenvalue weighted by Gasteiger charge is -2.29. The van der Waals surface area contributed by atoms with Crippen molar-refractivity contribution in [3.05, 3.63) is 56.7 Å². The number of nitriles is 1. The predicted octanol–water partition coefficient (Wildman–Crippen LogP) is 2.47. The van der Waals surface area contributed by atoms with Crippen LogP contribution in [0.25, 0.3) is 10.2 Å². The number of thiophene rings is 1. The number of rotatable bonds is 4. The lowest BCUT2D eigenvalue weighted by atomic mass is 10.1. The lowest BCUT2D eigenvalue weighted by Crippen LogP contribution is -2.36. The Kier molecular flexibility index (Phi) is 4.84. The lowest BCUT2D eigenvalue weighted by molar-refractivity contribution is 0.100. The van der Waals surface area contributed by atoms with E-state index in [1.54, 1.807) is 22.1 Å². The van der Waals surface area contributed by atoms with Crippen molar-refractivity contribution in [2.45, 2.75) is 25.8 Å². The van der Waals surface area contributed by atoms with Crippen LogP contribution in [0.1, 0.15) is 40.7 Å². The van der Waals surface area contributed by atoms with Crippen LogP contribution in [-0.4, -0.2) is 28.5 Å². The average molecular weight is 393 g/mol. The summed E-state index contributed by atoms with van der Waals surface area (Å²) in [5.41, 5.74) is 7.20. The zero-order chi connectivity index (χ0) is 19.7. The summed E-state index contributed by atoms with van der Waals surface area (Å²) in [6.45, 7) is 1.85. The molecular formula is C20H19N5O2S. The molecule has 28 heavy (non-hydrogen) atoms. The van der Waals surface area contributed by atoms with Gasteiger partial charge in [0.05, 0.1) is 23.7 Å². The number of nitrogens with two attached hydrogens (primary N) is 1. The van der Waals surface area contributed by atoms with E-state index in [0.717, 1.165) is 37.9 Å². The number of nitrogens with zero attached hydrogens (tertiary/aromatic N) is 4. The number of carbonyl (C=O) groups is 1. The normalized spacial score (nSPS) is 14.2. The van der Waals surface area contributed by atoms with Crippen LogP contribution in [0.15, 0.2) is 34.4 Å². The first-order chi connectivity index (χ1) is 13.6. The number of aromatic nitrogens is 2. The van der Waals surface area contributed by atoms with E-state index in [1.165, 1.54) is 11.3 Å². The molecule has 1 amide bonds.